The average molecular weight is 379 g/mol. The van der Waals surface area contributed by atoms with E-state index < -0.39 is 0 Å². The third-order valence-electron chi connectivity index (χ3n) is 4.58. The van der Waals surface area contributed by atoms with E-state index in [1.165, 1.54) is 4.90 Å². The van der Waals surface area contributed by atoms with Crippen LogP contribution in [0.5, 0.6) is 0 Å². The lowest BCUT2D eigenvalue weighted by atomic mass is 10.1. The van der Waals surface area contributed by atoms with E-state index in [9.17, 15) is 19.2 Å². The van der Waals surface area contributed by atoms with Crippen LogP contribution in [0.15, 0.2) is 48.5 Å². The molecule has 1 saturated heterocycles. The third-order valence-corrected chi connectivity index (χ3v) is 4.58. The van der Waals surface area contributed by atoms with Crippen molar-refractivity contribution in [3.8, 4) is 0 Å². The van der Waals surface area contributed by atoms with Crippen molar-refractivity contribution in [2.24, 2.45) is 0 Å². The Balaban J connectivity index is 1.58. The quantitative estimate of drug-likeness (QED) is 0.746. The van der Waals surface area contributed by atoms with E-state index in [1.807, 2.05) is 6.07 Å². The van der Waals surface area contributed by atoms with E-state index in [1.54, 1.807) is 49.5 Å². The summed E-state index contributed by atoms with van der Waals surface area (Å²) in [4.78, 5) is 48.6. The molecular weight excluding hydrogens is 358 g/mol. The van der Waals surface area contributed by atoms with Crippen molar-refractivity contribution in [3.63, 3.8) is 0 Å². The first-order chi connectivity index (χ1) is 13.5. The van der Waals surface area contributed by atoms with Crippen molar-refractivity contribution < 1.29 is 19.2 Å². The third kappa shape index (κ3) is 4.43. The molecule has 0 radical (unpaired) electrons. The first-order valence-electron chi connectivity index (χ1n) is 8.99. The van der Waals surface area contributed by atoms with Gasteiger partial charge in [0.05, 0.1) is 6.54 Å². The largest absolute Gasteiger partial charge is 0.355 e. The van der Waals surface area contributed by atoms with Crippen molar-refractivity contribution in [2.75, 3.05) is 7.05 Å². The smallest absolute Gasteiger partial charge is 0.251 e. The number of hydrogen-bond acceptors (Lipinski definition) is 4. The zero-order valence-corrected chi connectivity index (χ0v) is 15.5. The second-order valence-corrected chi connectivity index (χ2v) is 6.53. The highest BCUT2D eigenvalue weighted by Gasteiger charge is 2.28. The number of likely N-dealkylation sites (tertiary alicyclic amines) is 1. The van der Waals surface area contributed by atoms with Crippen LogP contribution < -0.4 is 10.6 Å². The Hall–Kier alpha value is -3.48. The first kappa shape index (κ1) is 19.3. The number of nitrogens with zero attached hydrogens (tertiary/aromatic N) is 1. The van der Waals surface area contributed by atoms with Crippen LogP contribution in [0.4, 0.5) is 0 Å². The molecule has 0 atom stereocenters. The van der Waals surface area contributed by atoms with Crippen molar-refractivity contribution in [2.45, 2.75) is 25.9 Å². The summed E-state index contributed by atoms with van der Waals surface area (Å²) >= 11 is 0. The van der Waals surface area contributed by atoms with Crippen LogP contribution in [0.1, 0.15) is 44.7 Å². The minimum Gasteiger partial charge on any atom is -0.355 e. The van der Waals surface area contributed by atoms with Gasteiger partial charge < -0.3 is 10.6 Å². The lowest BCUT2D eigenvalue weighted by Crippen LogP contribution is -2.28. The molecule has 0 aliphatic carbocycles. The van der Waals surface area contributed by atoms with Gasteiger partial charge >= 0.3 is 0 Å². The maximum absolute atomic E-state index is 12.3. The first-order valence-corrected chi connectivity index (χ1v) is 8.99. The van der Waals surface area contributed by atoms with Crippen molar-refractivity contribution in [1.29, 1.82) is 0 Å². The van der Waals surface area contributed by atoms with Gasteiger partial charge in [0.25, 0.3) is 11.8 Å². The van der Waals surface area contributed by atoms with Gasteiger partial charge in [-0.2, -0.15) is 0 Å². The maximum atomic E-state index is 12.3. The van der Waals surface area contributed by atoms with E-state index >= 15 is 0 Å². The van der Waals surface area contributed by atoms with Crippen LogP contribution >= 0.6 is 0 Å². The highest BCUT2D eigenvalue weighted by Crippen LogP contribution is 2.16. The molecule has 2 aromatic rings. The Kier molecular flexibility index (Phi) is 5.84. The van der Waals surface area contributed by atoms with E-state index in [-0.39, 0.29) is 43.0 Å². The van der Waals surface area contributed by atoms with E-state index in [0.717, 1.165) is 11.1 Å². The Bertz CT molecular complexity index is 906. The number of nitrogens with one attached hydrogen (secondary N) is 2. The minimum atomic E-state index is -0.245. The van der Waals surface area contributed by atoms with Crippen LogP contribution in [0.25, 0.3) is 0 Å². The molecule has 0 spiro atoms. The minimum absolute atomic E-state index is 0.161. The molecule has 2 N–H and O–H groups in total. The zero-order chi connectivity index (χ0) is 20.1. The van der Waals surface area contributed by atoms with E-state index in [0.29, 0.717) is 17.7 Å². The molecule has 0 bridgehead atoms. The highest BCUT2D eigenvalue weighted by atomic mass is 16.2. The predicted molar refractivity (Wildman–Crippen MR) is 102 cm³/mol. The molecule has 7 heteroatoms. The molecule has 3 rings (SSSR count). The molecule has 1 aliphatic heterocycles. The second kappa shape index (κ2) is 8.47. The van der Waals surface area contributed by atoms with E-state index in [4.69, 9.17) is 0 Å². The topological polar surface area (TPSA) is 95.6 Å². The SMILES string of the molecule is CNC(=O)c1cccc(CNC(=O)c2ccc(CN3C(=O)CCC3=O)cc2)c1. The molecule has 0 aromatic heterocycles. The molecule has 4 amide bonds. The fraction of sp³-hybridized carbons (Fsp3) is 0.238. The molecule has 1 heterocycles. The van der Waals surface area contributed by atoms with Gasteiger partial charge in [-0.3, -0.25) is 24.1 Å². The van der Waals surface area contributed by atoms with Crippen LogP contribution in [-0.4, -0.2) is 35.6 Å². The van der Waals surface area contributed by atoms with Crippen molar-refractivity contribution >= 4 is 23.6 Å². The fourth-order valence-corrected chi connectivity index (χ4v) is 2.99. The fourth-order valence-electron chi connectivity index (χ4n) is 2.99. The maximum Gasteiger partial charge on any atom is 0.251 e. The summed E-state index contributed by atoms with van der Waals surface area (Å²) in [5, 5.41) is 5.38. The molecule has 0 saturated carbocycles. The average Bonchev–Trinajstić information content (AvgIpc) is 3.04. The Morgan fingerprint density at radius 2 is 1.57 bits per heavy atom. The molecule has 28 heavy (non-hydrogen) atoms. The molecule has 2 aromatic carbocycles. The lowest BCUT2D eigenvalue weighted by molar-refractivity contribution is -0.139. The number of carbonyl (C=O) groups is 4. The summed E-state index contributed by atoms with van der Waals surface area (Å²) in [6.45, 7) is 0.522. The molecule has 7 nitrogen and oxygen atoms in total. The number of carbonyl (C=O) groups excluding carboxylic acids is 4. The molecule has 1 fully saturated rings. The van der Waals surface area contributed by atoms with Gasteiger partial charge in [-0.25, -0.2) is 0 Å². The van der Waals surface area contributed by atoms with Gasteiger partial charge in [0.1, 0.15) is 0 Å². The number of benzene rings is 2. The van der Waals surface area contributed by atoms with Crippen molar-refractivity contribution in [1.82, 2.24) is 15.5 Å². The lowest BCUT2D eigenvalue weighted by Gasteiger charge is -2.14. The molecule has 144 valence electrons. The van der Waals surface area contributed by atoms with Gasteiger partial charge in [0.15, 0.2) is 0 Å². The standard InChI is InChI=1S/C21H21N3O4/c1-22-20(27)17-4-2-3-15(11-17)12-23-21(28)16-7-5-14(6-8-16)13-24-18(25)9-10-19(24)26/h2-8,11H,9-10,12-13H2,1H3,(H,22,27)(H,23,28). The van der Waals surface area contributed by atoms with Gasteiger partial charge in [0, 0.05) is 37.6 Å². The van der Waals surface area contributed by atoms with Crippen LogP contribution in [0.2, 0.25) is 0 Å². The Morgan fingerprint density at radius 1 is 0.893 bits per heavy atom. The summed E-state index contributed by atoms with van der Waals surface area (Å²) in [6.07, 6.45) is 0.529. The van der Waals surface area contributed by atoms with Gasteiger partial charge in [-0.1, -0.05) is 24.3 Å². The second-order valence-electron chi connectivity index (χ2n) is 6.53. The summed E-state index contributed by atoms with van der Waals surface area (Å²) < 4.78 is 0. The van der Waals surface area contributed by atoms with Gasteiger partial charge in [-0.05, 0) is 35.4 Å². The van der Waals surface area contributed by atoms with Gasteiger partial charge in [-0.15, -0.1) is 0 Å². The molecule has 0 unspecified atom stereocenters. The Labute approximate surface area is 162 Å². The monoisotopic (exact) mass is 379 g/mol. The number of amides is 4. The molecular formula is C21H21N3O4. The normalized spacial score (nSPS) is 13.5. The van der Waals surface area contributed by atoms with Crippen molar-refractivity contribution in [3.05, 3.63) is 70.8 Å². The number of rotatable bonds is 6. The summed E-state index contributed by atoms with van der Waals surface area (Å²) in [6, 6.07) is 13.8. The Morgan fingerprint density at radius 3 is 2.21 bits per heavy atom. The zero-order valence-electron chi connectivity index (χ0n) is 15.5. The summed E-state index contributed by atoms with van der Waals surface area (Å²) in [5.74, 6) is -0.749. The van der Waals surface area contributed by atoms with Gasteiger partial charge in [0.2, 0.25) is 11.8 Å². The van der Waals surface area contributed by atoms with Crippen LogP contribution in [0.3, 0.4) is 0 Å². The number of imide groups is 1. The highest BCUT2D eigenvalue weighted by molar-refractivity contribution is 6.01. The van der Waals surface area contributed by atoms with E-state index in [2.05, 4.69) is 10.6 Å². The summed E-state index contributed by atoms with van der Waals surface area (Å²) in [7, 11) is 1.57. The van der Waals surface area contributed by atoms with Crippen LogP contribution in [-0.2, 0) is 22.7 Å². The summed E-state index contributed by atoms with van der Waals surface area (Å²) in [5.41, 5.74) is 2.62. The predicted octanol–water partition coefficient (Wildman–Crippen LogP) is 1.63. The molecule has 1 aliphatic rings. The van der Waals surface area contributed by atoms with Crippen LogP contribution in [0, 0.1) is 0 Å². The number of hydrogen-bond donors (Lipinski definition) is 2.